The summed E-state index contributed by atoms with van der Waals surface area (Å²) in [4.78, 5) is 12.0. The Labute approximate surface area is 167 Å². The van der Waals surface area contributed by atoms with Crippen LogP contribution in [-0.2, 0) is 4.79 Å². The first-order chi connectivity index (χ1) is 13.1. The molecule has 3 rings (SSSR count). The third kappa shape index (κ3) is 5.78. The zero-order chi connectivity index (χ0) is 19.1. The molecular formula is C21H15Cl2N3O. The molecule has 0 radical (unpaired) electrons. The number of nitrogens with one attached hydrogen (secondary N) is 1. The van der Waals surface area contributed by atoms with Crippen LogP contribution in [0.4, 0.5) is 17.1 Å². The van der Waals surface area contributed by atoms with Gasteiger partial charge in [0.15, 0.2) is 0 Å². The van der Waals surface area contributed by atoms with Gasteiger partial charge in [-0.25, -0.2) is 0 Å². The molecule has 0 aromatic heterocycles. The van der Waals surface area contributed by atoms with E-state index < -0.39 is 0 Å². The number of amides is 1. The van der Waals surface area contributed by atoms with Crippen molar-refractivity contribution in [1.29, 1.82) is 0 Å². The van der Waals surface area contributed by atoms with E-state index >= 15 is 0 Å². The van der Waals surface area contributed by atoms with E-state index in [2.05, 4.69) is 15.5 Å². The van der Waals surface area contributed by atoms with Crippen LogP contribution in [-0.4, -0.2) is 5.91 Å². The maximum Gasteiger partial charge on any atom is 0.248 e. The van der Waals surface area contributed by atoms with Gasteiger partial charge >= 0.3 is 0 Å². The fourth-order valence-corrected chi connectivity index (χ4v) is 2.50. The molecule has 4 nitrogen and oxygen atoms in total. The highest BCUT2D eigenvalue weighted by Crippen LogP contribution is 2.23. The van der Waals surface area contributed by atoms with Crippen molar-refractivity contribution in [3.05, 3.63) is 94.5 Å². The number of benzene rings is 3. The summed E-state index contributed by atoms with van der Waals surface area (Å²) in [5.41, 5.74) is 2.93. The molecule has 0 saturated carbocycles. The molecule has 0 aliphatic rings. The number of hydrogen-bond donors (Lipinski definition) is 1. The van der Waals surface area contributed by atoms with Gasteiger partial charge in [0.05, 0.1) is 21.4 Å². The summed E-state index contributed by atoms with van der Waals surface area (Å²) in [7, 11) is 0. The number of carbonyl (C=O) groups is 1. The van der Waals surface area contributed by atoms with E-state index in [4.69, 9.17) is 23.2 Å². The van der Waals surface area contributed by atoms with Crippen molar-refractivity contribution in [3.8, 4) is 0 Å². The van der Waals surface area contributed by atoms with Crippen molar-refractivity contribution in [2.75, 3.05) is 5.32 Å². The molecule has 1 N–H and O–H groups in total. The van der Waals surface area contributed by atoms with Crippen molar-refractivity contribution in [1.82, 2.24) is 0 Å². The molecule has 0 atom stereocenters. The average molecular weight is 396 g/mol. The number of nitrogens with zero attached hydrogens (tertiary/aromatic N) is 2. The number of anilines is 1. The molecule has 0 fully saturated rings. The highest BCUT2D eigenvalue weighted by atomic mass is 35.5. The smallest absolute Gasteiger partial charge is 0.248 e. The van der Waals surface area contributed by atoms with Crippen molar-refractivity contribution >= 4 is 52.2 Å². The molecule has 0 bridgehead atoms. The van der Waals surface area contributed by atoms with E-state index in [1.165, 1.54) is 6.08 Å². The van der Waals surface area contributed by atoms with Crippen LogP contribution in [0, 0.1) is 0 Å². The molecule has 1 amide bonds. The van der Waals surface area contributed by atoms with Crippen LogP contribution in [0.5, 0.6) is 0 Å². The summed E-state index contributed by atoms with van der Waals surface area (Å²) < 4.78 is 0. The fraction of sp³-hybridized carbons (Fsp3) is 0. The second-order valence-electron chi connectivity index (χ2n) is 5.58. The molecular weight excluding hydrogens is 381 g/mol. The Morgan fingerprint density at radius 3 is 2.15 bits per heavy atom. The molecule has 134 valence electrons. The number of hydrogen-bond acceptors (Lipinski definition) is 3. The molecule has 27 heavy (non-hydrogen) atoms. The van der Waals surface area contributed by atoms with Gasteiger partial charge in [0.1, 0.15) is 0 Å². The lowest BCUT2D eigenvalue weighted by Crippen LogP contribution is -2.07. The van der Waals surface area contributed by atoms with Crippen LogP contribution in [0.25, 0.3) is 6.08 Å². The Morgan fingerprint density at radius 1 is 0.815 bits per heavy atom. The quantitative estimate of drug-likeness (QED) is 0.364. The standard InChI is InChI=1S/C21H15Cl2N3O/c22-19-12-6-15(14-20(19)23)7-13-21(27)24-16-8-10-18(11-9-16)26-25-17-4-2-1-3-5-17/h1-14H,(H,24,27)/b13-7+,26-25?. The van der Waals surface area contributed by atoms with Gasteiger partial charge in [0.25, 0.3) is 0 Å². The number of halogens is 2. The highest BCUT2D eigenvalue weighted by molar-refractivity contribution is 6.42. The maximum atomic E-state index is 12.0. The zero-order valence-electron chi connectivity index (χ0n) is 14.1. The summed E-state index contributed by atoms with van der Waals surface area (Å²) in [5.74, 6) is -0.250. The van der Waals surface area contributed by atoms with Gasteiger partial charge in [-0.1, -0.05) is 47.5 Å². The Bertz CT molecular complexity index is 984. The zero-order valence-corrected chi connectivity index (χ0v) is 15.7. The van der Waals surface area contributed by atoms with Crippen molar-refractivity contribution < 1.29 is 4.79 Å². The third-order valence-electron chi connectivity index (χ3n) is 3.54. The predicted molar refractivity (Wildman–Crippen MR) is 111 cm³/mol. The average Bonchev–Trinajstić information content (AvgIpc) is 2.69. The van der Waals surface area contributed by atoms with Crippen LogP contribution in [0.1, 0.15) is 5.56 Å². The molecule has 6 heteroatoms. The first-order valence-corrected chi connectivity index (χ1v) is 8.87. The molecule has 3 aromatic carbocycles. The van der Waals surface area contributed by atoms with Crippen LogP contribution < -0.4 is 5.32 Å². The highest BCUT2D eigenvalue weighted by Gasteiger charge is 2.00. The molecule has 0 aliphatic carbocycles. The minimum Gasteiger partial charge on any atom is -0.323 e. The molecule has 0 spiro atoms. The third-order valence-corrected chi connectivity index (χ3v) is 4.28. The van der Waals surface area contributed by atoms with E-state index in [0.717, 1.165) is 11.3 Å². The lowest BCUT2D eigenvalue weighted by atomic mass is 10.2. The lowest BCUT2D eigenvalue weighted by molar-refractivity contribution is -0.111. The Balaban J connectivity index is 1.59. The molecule has 3 aromatic rings. The Hall–Kier alpha value is -2.95. The predicted octanol–water partition coefficient (Wildman–Crippen LogP) is 7.06. The summed E-state index contributed by atoms with van der Waals surface area (Å²) in [6.07, 6.45) is 3.10. The van der Waals surface area contributed by atoms with Gasteiger partial charge in [-0.05, 0) is 60.2 Å². The molecule has 0 saturated heterocycles. The van der Waals surface area contributed by atoms with E-state index in [9.17, 15) is 4.79 Å². The summed E-state index contributed by atoms with van der Waals surface area (Å²) in [6.45, 7) is 0. The number of azo groups is 1. The van der Waals surface area contributed by atoms with Gasteiger partial charge in [-0.15, -0.1) is 0 Å². The SMILES string of the molecule is O=C(/C=C/c1ccc(Cl)c(Cl)c1)Nc1ccc(N=Nc2ccccc2)cc1. The maximum absolute atomic E-state index is 12.0. The largest absolute Gasteiger partial charge is 0.323 e. The monoisotopic (exact) mass is 395 g/mol. The Kier molecular flexibility index (Phi) is 6.36. The second kappa shape index (κ2) is 9.12. The van der Waals surface area contributed by atoms with Crippen molar-refractivity contribution in [3.63, 3.8) is 0 Å². The van der Waals surface area contributed by atoms with Crippen LogP contribution in [0.2, 0.25) is 10.0 Å². The van der Waals surface area contributed by atoms with Gasteiger partial charge in [-0.2, -0.15) is 10.2 Å². The van der Waals surface area contributed by atoms with Gasteiger partial charge < -0.3 is 5.32 Å². The Morgan fingerprint density at radius 2 is 1.48 bits per heavy atom. The van der Waals surface area contributed by atoms with Crippen molar-refractivity contribution in [2.24, 2.45) is 10.2 Å². The molecule has 0 unspecified atom stereocenters. The second-order valence-corrected chi connectivity index (χ2v) is 6.39. The van der Waals surface area contributed by atoms with Crippen LogP contribution in [0.15, 0.2) is 89.1 Å². The summed E-state index contributed by atoms with van der Waals surface area (Å²) in [5, 5.41) is 12.0. The van der Waals surface area contributed by atoms with Crippen molar-refractivity contribution in [2.45, 2.75) is 0 Å². The van der Waals surface area contributed by atoms with E-state index in [1.807, 2.05) is 30.3 Å². The van der Waals surface area contributed by atoms with Gasteiger partial charge in [0, 0.05) is 11.8 Å². The normalized spacial score (nSPS) is 11.2. The fourth-order valence-electron chi connectivity index (χ4n) is 2.19. The minimum absolute atomic E-state index is 0.250. The summed E-state index contributed by atoms with van der Waals surface area (Å²) >= 11 is 11.8. The topological polar surface area (TPSA) is 53.8 Å². The lowest BCUT2D eigenvalue weighted by Gasteiger charge is -2.02. The van der Waals surface area contributed by atoms with Crippen LogP contribution >= 0.6 is 23.2 Å². The number of rotatable bonds is 5. The molecule has 0 heterocycles. The van der Waals surface area contributed by atoms with E-state index in [1.54, 1.807) is 48.5 Å². The van der Waals surface area contributed by atoms with E-state index in [0.29, 0.717) is 21.4 Å². The summed E-state index contributed by atoms with van der Waals surface area (Å²) in [6, 6.07) is 21.7. The van der Waals surface area contributed by atoms with E-state index in [-0.39, 0.29) is 5.91 Å². The first-order valence-electron chi connectivity index (χ1n) is 8.11. The van der Waals surface area contributed by atoms with Crippen LogP contribution in [0.3, 0.4) is 0 Å². The number of carbonyl (C=O) groups excluding carboxylic acids is 1. The van der Waals surface area contributed by atoms with Gasteiger partial charge in [-0.3, -0.25) is 4.79 Å². The van der Waals surface area contributed by atoms with Gasteiger partial charge in [0.2, 0.25) is 5.91 Å². The first kappa shape index (κ1) is 18.8. The molecule has 0 aliphatic heterocycles. The minimum atomic E-state index is -0.250.